The molecule has 0 bridgehead atoms. The number of amides is 1. The van der Waals surface area contributed by atoms with Crippen molar-refractivity contribution < 1.29 is 19.1 Å². The highest BCUT2D eigenvalue weighted by molar-refractivity contribution is 6.08. The molecule has 0 aliphatic rings. The van der Waals surface area contributed by atoms with Gasteiger partial charge in [0, 0.05) is 26.0 Å². The van der Waals surface area contributed by atoms with E-state index in [1.807, 2.05) is 69.6 Å². The minimum Gasteiger partial charge on any atom is -0.461 e. The molecule has 0 aliphatic carbocycles. The second-order valence-corrected chi connectivity index (χ2v) is 8.39. The first-order valence-electron chi connectivity index (χ1n) is 12.0. The van der Waals surface area contributed by atoms with Crippen LogP contribution in [0.5, 0.6) is 11.6 Å². The van der Waals surface area contributed by atoms with E-state index in [0.717, 1.165) is 12.8 Å². The Morgan fingerprint density at radius 2 is 1.68 bits per heavy atom. The largest absolute Gasteiger partial charge is 0.461 e. The molecular formula is C28H29N5O4. The second-order valence-electron chi connectivity index (χ2n) is 8.39. The fourth-order valence-corrected chi connectivity index (χ4v) is 3.60. The first kappa shape index (κ1) is 25.4. The highest BCUT2D eigenvalue weighted by atomic mass is 16.5. The third-order valence-corrected chi connectivity index (χ3v) is 5.40. The molecule has 0 saturated carbocycles. The van der Waals surface area contributed by atoms with Gasteiger partial charge in [0.2, 0.25) is 11.8 Å². The number of hydrogen-bond donors (Lipinski definition) is 1. The molecule has 37 heavy (non-hydrogen) atoms. The number of benzene rings is 2. The van der Waals surface area contributed by atoms with Crippen molar-refractivity contribution in [3.8, 4) is 17.3 Å². The van der Waals surface area contributed by atoms with Crippen LogP contribution >= 0.6 is 0 Å². The van der Waals surface area contributed by atoms with Gasteiger partial charge >= 0.3 is 5.97 Å². The van der Waals surface area contributed by atoms with Gasteiger partial charge in [0.25, 0.3) is 5.91 Å². The molecule has 0 unspecified atom stereocenters. The number of hydrogen-bond acceptors (Lipinski definition) is 7. The summed E-state index contributed by atoms with van der Waals surface area (Å²) in [5.74, 6) is 0.0987. The molecule has 0 spiro atoms. The lowest BCUT2D eigenvalue weighted by Gasteiger charge is -2.16. The number of para-hydroxylation sites is 2. The zero-order chi connectivity index (χ0) is 26.2. The summed E-state index contributed by atoms with van der Waals surface area (Å²) >= 11 is 0. The topological polar surface area (TPSA) is 98.6 Å². The zero-order valence-corrected chi connectivity index (χ0v) is 21.0. The molecule has 2 aromatic heterocycles. The predicted octanol–water partition coefficient (Wildman–Crippen LogP) is 5.33. The van der Waals surface area contributed by atoms with E-state index < -0.39 is 11.9 Å². The van der Waals surface area contributed by atoms with Crippen molar-refractivity contribution in [1.29, 1.82) is 0 Å². The van der Waals surface area contributed by atoms with Crippen molar-refractivity contribution in [2.24, 2.45) is 0 Å². The van der Waals surface area contributed by atoms with Gasteiger partial charge in [0.1, 0.15) is 11.3 Å². The summed E-state index contributed by atoms with van der Waals surface area (Å²) in [5.41, 5.74) is 1.02. The number of unbranched alkanes of at least 4 members (excludes halogenated alkanes) is 1. The Morgan fingerprint density at radius 1 is 0.973 bits per heavy atom. The van der Waals surface area contributed by atoms with E-state index in [-0.39, 0.29) is 29.6 Å². The van der Waals surface area contributed by atoms with Gasteiger partial charge in [-0.05, 0) is 42.8 Å². The predicted molar refractivity (Wildman–Crippen MR) is 142 cm³/mol. The smallest absolute Gasteiger partial charge is 0.359 e. The Hall–Kier alpha value is -4.66. The van der Waals surface area contributed by atoms with E-state index in [9.17, 15) is 9.59 Å². The molecular weight excluding hydrogens is 470 g/mol. The van der Waals surface area contributed by atoms with E-state index in [2.05, 4.69) is 15.3 Å². The van der Waals surface area contributed by atoms with E-state index >= 15 is 0 Å². The van der Waals surface area contributed by atoms with Crippen LogP contribution in [0.25, 0.3) is 5.69 Å². The normalized spacial score (nSPS) is 10.6. The number of ether oxygens (including phenoxy) is 2. The lowest BCUT2D eigenvalue weighted by atomic mass is 10.2. The van der Waals surface area contributed by atoms with Crippen LogP contribution in [0.2, 0.25) is 0 Å². The van der Waals surface area contributed by atoms with Crippen molar-refractivity contribution in [3.05, 3.63) is 90.3 Å². The molecule has 0 radical (unpaired) electrons. The molecule has 0 saturated heterocycles. The van der Waals surface area contributed by atoms with Crippen LogP contribution in [0.3, 0.4) is 0 Å². The van der Waals surface area contributed by atoms with Crippen LogP contribution in [0.1, 0.15) is 40.6 Å². The number of aromatic nitrogens is 3. The molecule has 9 heteroatoms. The zero-order valence-electron chi connectivity index (χ0n) is 21.0. The summed E-state index contributed by atoms with van der Waals surface area (Å²) < 4.78 is 13.1. The van der Waals surface area contributed by atoms with Crippen LogP contribution in [0.4, 0.5) is 11.8 Å². The van der Waals surface area contributed by atoms with Crippen LogP contribution in [0.15, 0.2) is 79.0 Å². The van der Waals surface area contributed by atoms with Gasteiger partial charge in [-0.25, -0.2) is 9.78 Å². The first-order chi connectivity index (χ1) is 18.0. The van der Waals surface area contributed by atoms with Crippen LogP contribution in [-0.2, 0) is 4.74 Å². The number of rotatable bonds is 10. The Kier molecular flexibility index (Phi) is 8.15. The maximum Gasteiger partial charge on any atom is 0.359 e. The molecule has 0 aliphatic heterocycles. The molecule has 1 amide bonds. The summed E-state index contributed by atoms with van der Waals surface area (Å²) in [6, 6.07) is 21.6. The monoisotopic (exact) mass is 499 g/mol. The Balaban J connectivity index is 1.74. The maximum absolute atomic E-state index is 13.4. The first-order valence-corrected chi connectivity index (χ1v) is 12.0. The molecule has 4 rings (SSSR count). The molecule has 2 aromatic carbocycles. The Morgan fingerprint density at radius 3 is 2.35 bits per heavy atom. The maximum atomic E-state index is 13.4. The average Bonchev–Trinajstić information content (AvgIpc) is 3.29. The standard InChI is InChI=1S/C28H29N5O4/c1-4-5-19-36-27(35)23-24(31-28(32(2)3)33(23)20-13-8-6-9-14-20)30-25(34)22-17-12-18-29-26(22)37-21-15-10-7-11-16-21/h6-18H,4-5,19H2,1-3H3,(H,30,34). The third kappa shape index (κ3) is 5.95. The van der Waals surface area contributed by atoms with Crippen molar-refractivity contribution in [2.45, 2.75) is 19.8 Å². The van der Waals surface area contributed by atoms with Gasteiger partial charge in [-0.3, -0.25) is 9.36 Å². The van der Waals surface area contributed by atoms with Crippen molar-refractivity contribution in [2.75, 3.05) is 30.9 Å². The lowest BCUT2D eigenvalue weighted by molar-refractivity contribution is 0.0492. The molecule has 1 N–H and O–H groups in total. The van der Waals surface area contributed by atoms with Gasteiger partial charge in [-0.15, -0.1) is 0 Å². The van der Waals surface area contributed by atoms with E-state index in [4.69, 9.17) is 9.47 Å². The average molecular weight is 500 g/mol. The number of carbonyl (C=O) groups is 2. The summed E-state index contributed by atoms with van der Waals surface area (Å²) in [5, 5.41) is 2.79. The number of imidazole rings is 1. The van der Waals surface area contributed by atoms with Gasteiger partial charge in [0.05, 0.1) is 6.61 Å². The van der Waals surface area contributed by atoms with E-state index in [1.165, 1.54) is 0 Å². The van der Waals surface area contributed by atoms with Crippen molar-refractivity contribution in [3.63, 3.8) is 0 Å². The van der Waals surface area contributed by atoms with Crippen LogP contribution in [-0.4, -0.2) is 47.1 Å². The Labute approximate surface area is 215 Å². The Bertz CT molecular complexity index is 1350. The fraction of sp³-hybridized carbons (Fsp3) is 0.214. The SMILES string of the molecule is CCCCOC(=O)c1c(NC(=O)c2cccnc2Oc2ccccc2)nc(N(C)C)n1-c1ccccc1. The van der Waals surface area contributed by atoms with Gasteiger partial charge in [-0.2, -0.15) is 4.98 Å². The summed E-state index contributed by atoms with van der Waals surface area (Å²) in [4.78, 5) is 37.4. The molecule has 4 aromatic rings. The second kappa shape index (κ2) is 11.9. The third-order valence-electron chi connectivity index (χ3n) is 5.40. The number of nitrogens with zero attached hydrogens (tertiary/aromatic N) is 4. The number of anilines is 2. The van der Waals surface area contributed by atoms with Gasteiger partial charge in [0.15, 0.2) is 11.5 Å². The highest BCUT2D eigenvalue weighted by Gasteiger charge is 2.28. The highest BCUT2D eigenvalue weighted by Crippen LogP contribution is 2.30. The molecule has 0 fully saturated rings. The van der Waals surface area contributed by atoms with Crippen molar-refractivity contribution in [1.82, 2.24) is 14.5 Å². The number of pyridine rings is 1. The molecule has 9 nitrogen and oxygen atoms in total. The van der Waals surface area contributed by atoms with E-state index in [1.54, 1.807) is 39.9 Å². The quantitative estimate of drug-likeness (QED) is 0.232. The molecule has 0 atom stereocenters. The number of nitrogens with one attached hydrogen (secondary N) is 1. The minimum absolute atomic E-state index is 0.0774. The fourth-order valence-electron chi connectivity index (χ4n) is 3.60. The summed E-state index contributed by atoms with van der Waals surface area (Å²) in [7, 11) is 3.62. The van der Waals surface area contributed by atoms with E-state index in [0.29, 0.717) is 17.4 Å². The van der Waals surface area contributed by atoms with Crippen LogP contribution in [0, 0.1) is 0 Å². The van der Waals surface area contributed by atoms with Gasteiger partial charge in [-0.1, -0.05) is 49.7 Å². The minimum atomic E-state index is -0.583. The van der Waals surface area contributed by atoms with Gasteiger partial charge < -0.3 is 19.7 Å². The summed E-state index contributed by atoms with van der Waals surface area (Å²) in [6.07, 6.45) is 3.14. The van der Waals surface area contributed by atoms with Crippen molar-refractivity contribution >= 4 is 23.6 Å². The van der Waals surface area contributed by atoms with Crippen LogP contribution < -0.4 is 15.0 Å². The summed E-state index contributed by atoms with van der Waals surface area (Å²) in [6.45, 7) is 2.28. The molecule has 2 heterocycles. The lowest BCUT2D eigenvalue weighted by Crippen LogP contribution is -2.20. The molecule has 190 valence electrons. The number of esters is 1. The number of carbonyl (C=O) groups excluding carboxylic acids is 2.